The molecular formula is C43H25N3O2. The highest BCUT2D eigenvalue weighted by molar-refractivity contribution is 6.14. The van der Waals surface area contributed by atoms with Gasteiger partial charge in [-0.2, -0.15) is 0 Å². The van der Waals surface area contributed by atoms with Crippen LogP contribution < -0.4 is 0 Å². The van der Waals surface area contributed by atoms with Crippen LogP contribution in [0.2, 0.25) is 0 Å². The Labute approximate surface area is 288 Å². The maximum atomic E-state index is 9.09. The molecule has 5 heteroatoms. The third-order valence-corrected chi connectivity index (χ3v) is 8.46. The van der Waals surface area contributed by atoms with Crippen molar-refractivity contribution >= 4 is 54.6 Å². The van der Waals surface area contributed by atoms with Crippen molar-refractivity contribution in [3.05, 3.63) is 151 Å². The van der Waals surface area contributed by atoms with Gasteiger partial charge in [-0.3, -0.25) is 0 Å². The molecule has 7 aromatic carbocycles. The van der Waals surface area contributed by atoms with Crippen molar-refractivity contribution in [2.24, 2.45) is 0 Å². The van der Waals surface area contributed by atoms with Crippen molar-refractivity contribution < 1.29 is 22.5 Å². The Hall–Kier alpha value is -6.59. The molecule has 0 saturated heterocycles. The molecule has 0 fully saturated rings. The number of benzene rings is 7. The third kappa shape index (κ3) is 4.15. The van der Waals surface area contributed by atoms with Crippen LogP contribution in [0.15, 0.2) is 160 Å². The van der Waals surface area contributed by atoms with Gasteiger partial charge in [0.05, 0.1) is 13.7 Å². The quantitative estimate of drug-likeness (QED) is 0.195. The van der Waals surface area contributed by atoms with Crippen LogP contribution in [0.3, 0.4) is 0 Å². The first-order valence-electron chi connectivity index (χ1n) is 20.1. The van der Waals surface area contributed by atoms with Crippen molar-refractivity contribution in [2.75, 3.05) is 0 Å². The van der Waals surface area contributed by atoms with Gasteiger partial charge in [0.2, 0.25) is 0 Å². The van der Waals surface area contributed by atoms with Crippen molar-refractivity contribution in [2.45, 2.75) is 0 Å². The van der Waals surface area contributed by atoms with Gasteiger partial charge in [-0.1, -0.05) is 121 Å². The number of aromatic nitrogens is 3. The van der Waals surface area contributed by atoms with E-state index in [1.165, 1.54) is 24.3 Å². The average molecular weight is 626 g/mol. The van der Waals surface area contributed by atoms with Gasteiger partial charge in [0.15, 0.2) is 17.5 Å². The maximum Gasteiger partial charge on any atom is 0.164 e. The number of nitrogens with zero attached hydrogens (tertiary/aromatic N) is 3. The van der Waals surface area contributed by atoms with Crippen molar-refractivity contribution in [3.8, 4) is 45.3 Å². The van der Waals surface area contributed by atoms with Gasteiger partial charge >= 0.3 is 0 Å². The molecule has 0 aliphatic carbocycles. The number of fused-ring (bicyclic) bond motifs is 7. The second-order valence-electron chi connectivity index (χ2n) is 11.2. The zero-order chi connectivity index (χ0) is 40.3. The van der Waals surface area contributed by atoms with E-state index < -0.39 is 0 Å². The van der Waals surface area contributed by atoms with Gasteiger partial charge in [0.25, 0.3) is 0 Å². The van der Waals surface area contributed by atoms with Crippen LogP contribution in [-0.2, 0) is 0 Å². The van der Waals surface area contributed by atoms with Crippen LogP contribution in [0, 0.1) is 0 Å². The van der Waals surface area contributed by atoms with E-state index in [4.69, 9.17) is 37.5 Å². The summed E-state index contributed by atoms with van der Waals surface area (Å²) < 4.78 is 97.2. The molecule has 10 rings (SSSR count). The van der Waals surface area contributed by atoms with Crippen molar-refractivity contribution in [1.82, 2.24) is 15.0 Å². The fraction of sp³-hybridized carbons (Fsp3) is 0. The normalized spacial score (nSPS) is 14.7. The monoisotopic (exact) mass is 625 g/mol. The van der Waals surface area contributed by atoms with Gasteiger partial charge in [-0.25, -0.2) is 15.0 Å². The number of hydrogen-bond donors (Lipinski definition) is 0. The lowest BCUT2D eigenvalue weighted by atomic mass is 9.95. The molecule has 0 aliphatic rings. The molecule has 0 unspecified atom stereocenters. The summed E-state index contributed by atoms with van der Waals surface area (Å²) in [4.78, 5) is 14.7. The molecule has 0 bridgehead atoms. The number of furan rings is 2. The molecule has 224 valence electrons. The van der Waals surface area contributed by atoms with Crippen LogP contribution in [0.25, 0.3) is 99.9 Å². The zero-order valence-electron chi connectivity index (χ0n) is 34.8. The Morgan fingerprint density at radius 1 is 0.417 bits per heavy atom. The molecule has 0 aliphatic heterocycles. The van der Waals surface area contributed by atoms with E-state index in [2.05, 4.69) is 0 Å². The van der Waals surface area contributed by atoms with Gasteiger partial charge < -0.3 is 8.83 Å². The summed E-state index contributed by atoms with van der Waals surface area (Å²) in [6.07, 6.45) is 0. The summed E-state index contributed by atoms with van der Waals surface area (Å²) >= 11 is 0. The topological polar surface area (TPSA) is 65.0 Å². The van der Waals surface area contributed by atoms with E-state index in [9.17, 15) is 0 Å². The summed E-state index contributed by atoms with van der Waals surface area (Å²) in [6, 6.07) is 24.3. The van der Waals surface area contributed by atoms with Gasteiger partial charge in [0, 0.05) is 38.2 Å². The van der Waals surface area contributed by atoms with Crippen molar-refractivity contribution in [1.29, 1.82) is 0 Å². The number of para-hydroxylation sites is 2. The predicted molar refractivity (Wildman–Crippen MR) is 194 cm³/mol. The van der Waals surface area contributed by atoms with E-state index in [0.717, 1.165) is 10.8 Å². The fourth-order valence-electron chi connectivity index (χ4n) is 6.31. The average Bonchev–Trinajstić information content (AvgIpc) is 3.79. The molecule has 0 radical (unpaired) electrons. The standard InChI is InChI=1S/C43H25N3O2/c1-2-11-26(12-3-1)41-44-42(46-43(45-41)34-18-10-22-38-40(34)33-15-5-7-20-36(33)48-38)31-17-8-13-27-25-28(23-24-29(27)31)30-16-9-21-37-39(30)32-14-4-6-19-35(32)47-37/h1-25H/i4D,5D,6D,7D,16D,18D,19D,20D,21D,22D. The number of rotatable bonds is 4. The molecule has 5 nitrogen and oxygen atoms in total. The Kier molecular flexibility index (Phi) is 4.04. The minimum atomic E-state index is -0.319. The van der Waals surface area contributed by atoms with E-state index in [-0.39, 0.29) is 105 Å². The molecule has 0 amide bonds. The van der Waals surface area contributed by atoms with Crippen molar-refractivity contribution in [3.63, 3.8) is 0 Å². The lowest BCUT2D eigenvalue weighted by molar-refractivity contribution is 0.668. The molecule has 0 spiro atoms. The predicted octanol–water partition coefficient (Wildman–Crippen LogP) is 11.5. The summed E-state index contributed by atoms with van der Waals surface area (Å²) in [5.74, 6) is 0.681. The third-order valence-electron chi connectivity index (χ3n) is 8.46. The fourth-order valence-corrected chi connectivity index (χ4v) is 6.31. The Bertz CT molecular complexity index is 3420. The minimum absolute atomic E-state index is 0.0223. The van der Waals surface area contributed by atoms with Crippen LogP contribution in [0.1, 0.15) is 13.7 Å². The summed E-state index contributed by atoms with van der Waals surface area (Å²) in [7, 11) is 0. The molecule has 10 aromatic rings. The second-order valence-corrected chi connectivity index (χ2v) is 11.2. The van der Waals surface area contributed by atoms with Crippen LogP contribution in [0.4, 0.5) is 0 Å². The van der Waals surface area contributed by atoms with Gasteiger partial charge in [-0.05, 0) is 52.1 Å². The van der Waals surface area contributed by atoms with Crippen LogP contribution in [0.5, 0.6) is 0 Å². The highest BCUT2D eigenvalue weighted by atomic mass is 16.3. The zero-order valence-corrected chi connectivity index (χ0v) is 24.8. The minimum Gasteiger partial charge on any atom is -0.456 e. The molecule has 0 atom stereocenters. The van der Waals surface area contributed by atoms with E-state index in [0.29, 0.717) is 44.2 Å². The largest absolute Gasteiger partial charge is 0.456 e. The van der Waals surface area contributed by atoms with E-state index >= 15 is 0 Å². The Morgan fingerprint density at radius 2 is 1.06 bits per heavy atom. The summed E-state index contributed by atoms with van der Waals surface area (Å²) in [6.45, 7) is 0. The molecule has 3 aromatic heterocycles. The maximum absolute atomic E-state index is 9.09. The lowest BCUT2D eigenvalue weighted by Crippen LogP contribution is -2.00. The van der Waals surface area contributed by atoms with E-state index in [1.54, 1.807) is 0 Å². The van der Waals surface area contributed by atoms with Gasteiger partial charge in [0.1, 0.15) is 22.3 Å². The molecule has 3 heterocycles. The molecule has 48 heavy (non-hydrogen) atoms. The van der Waals surface area contributed by atoms with Crippen LogP contribution in [-0.4, -0.2) is 15.0 Å². The lowest BCUT2D eigenvalue weighted by Gasteiger charge is -2.12. The van der Waals surface area contributed by atoms with Crippen LogP contribution >= 0.6 is 0 Å². The summed E-state index contributed by atoms with van der Waals surface area (Å²) in [5, 5.41) is 2.87. The van der Waals surface area contributed by atoms with Gasteiger partial charge in [-0.15, -0.1) is 0 Å². The Balaban J connectivity index is 1.21. The smallest absolute Gasteiger partial charge is 0.164 e. The molecule has 0 N–H and O–H groups in total. The highest BCUT2D eigenvalue weighted by Crippen LogP contribution is 2.40. The highest BCUT2D eigenvalue weighted by Gasteiger charge is 2.19. The molecular weight excluding hydrogens is 590 g/mol. The SMILES string of the molecule is [2H]c1cc2c(oc3c([2H])cc([2H])c(-c4ccc5c(-c6nc(-c7ccccc7)nc(-c7c([2H])cc([2H])c8oc9c([2H])c([2H])c([2H])cc9c78)n6)cccc5c4)c32)c([2H])c1[2H]. The molecule has 0 saturated carbocycles. The first-order valence-corrected chi connectivity index (χ1v) is 15.1. The number of hydrogen-bond acceptors (Lipinski definition) is 5. The summed E-state index contributed by atoms with van der Waals surface area (Å²) in [5.41, 5.74) is 2.91. The first kappa shape index (κ1) is 18.5. The second kappa shape index (κ2) is 10.5. The van der Waals surface area contributed by atoms with E-state index in [1.807, 2.05) is 66.7 Å². The Morgan fingerprint density at radius 3 is 1.79 bits per heavy atom. The first-order chi connectivity index (χ1) is 27.9.